The summed E-state index contributed by atoms with van der Waals surface area (Å²) in [5, 5.41) is 11.6. The van der Waals surface area contributed by atoms with Crippen molar-refractivity contribution in [3.05, 3.63) is 0 Å². The molecule has 0 aromatic heterocycles. The molecule has 0 radical (unpaired) electrons. The van der Waals surface area contributed by atoms with Gasteiger partial charge in [-0.25, -0.2) is 4.79 Å². The molecule has 0 aromatic rings. The second kappa shape index (κ2) is 5.91. The van der Waals surface area contributed by atoms with Crippen LogP contribution in [0.25, 0.3) is 0 Å². The van der Waals surface area contributed by atoms with E-state index in [1.807, 2.05) is 6.92 Å². The third kappa shape index (κ3) is 3.11. The summed E-state index contributed by atoms with van der Waals surface area (Å²) in [5.41, 5.74) is -0.549. The Labute approximate surface area is 124 Å². The molecule has 2 aliphatic heterocycles. The van der Waals surface area contributed by atoms with Gasteiger partial charge in [0.05, 0.1) is 11.8 Å². The molecular weight excluding hydrogens is 274 g/mol. The molecule has 0 aliphatic carbocycles. The first kappa shape index (κ1) is 15.6. The molecule has 2 heterocycles. The molecule has 0 spiro atoms. The van der Waals surface area contributed by atoms with Crippen LogP contribution in [0.3, 0.4) is 0 Å². The standard InChI is InChI=1S/C14H23N3O4/c1-14(12(20)15-2)5-7-16(9-14)13(21)17-6-3-4-10(17)8-11(18)19/h10H,3-9H2,1-2H3,(H,15,20)(H,18,19). The zero-order valence-corrected chi connectivity index (χ0v) is 12.6. The van der Waals surface area contributed by atoms with Crippen molar-refractivity contribution in [3.63, 3.8) is 0 Å². The van der Waals surface area contributed by atoms with Crippen molar-refractivity contribution in [2.24, 2.45) is 5.41 Å². The molecule has 7 heteroatoms. The van der Waals surface area contributed by atoms with Crippen LogP contribution in [0, 0.1) is 5.41 Å². The van der Waals surface area contributed by atoms with Gasteiger partial charge < -0.3 is 20.2 Å². The van der Waals surface area contributed by atoms with Crippen LogP contribution in [0.4, 0.5) is 4.79 Å². The number of hydrogen-bond acceptors (Lipinski definition) is 3. The number of likely N-dealkylation sites (tertiary alicyclic amines) is 2. The Morgan fingerprint density at radius 3 is 2.67 bits per heavy atom. The van der Waals surface area contributed by atoms with E-state index in [0.29, 0.717) is 26.1 Å². The van der Waals surface area contributed by atoms with E-state index in [1.165, 1.54) is 0 Å². The minimum Gasteiger partial charge on any atom is -0.481 e. The van der Waals surface area contributed by atoms with Crippen LogP contribution in [-0.2, 0) is 9.59 Å². The average Bonchev–Trinajstić information content (AvgIpc) is 3.04. The van der Waals surface area contributed by atoms with Crippen molar-refractivity contribution in [1.29, 1.82) is 0 Å². The predicted octanol–water partition coefficient (Wildman–Crippen LogP) is 0.504. The van der Waals surface area contributed by atoms with E-state index in [9.17, 15) is 14.4 Å². The molecule has 2 N–H and O–H groups in total. The summed E-state index contributed by atoms with van der Waals surface area (Å²) in [6.07, 6.45) is 2.20. The molecule has 2 fully saturated rings. The van der Waals surface area contributed by atoms with Crippen LogP contribution in [0.15, 0.2) is 0 Å². The third-order valence-corrected chi connectivity index (χ3v) is 4.55. The molecule has 7 nitrogen and oxygen atoms in total. The highest BCUT2D eigenvalue weighted by Crippen LogP contribution is 2.32. The van der Waals surface area contributed by atoms with Crippen LogP contribution in [-0.4, -0.2) is 65.5 Å². The Kier molecular flexibility index (Phi) is 4.39. The maximum atomic E-state index is 12.6. The first-order chi connectivity index (χ1) is 9.87. The number of rotatable bonds is 3. The number of carbonyl (C=O) groups is 3. The highest BCUT2D eigenvalue weighted by molar-refractivity contribution is 5.84. The van der Waals surface area contributed by atoms with Crippen molar-refractivity contribution < 1.29 is 19.5 Å². The van der Waals surface area contributed by atoms with Crippen LogP contribution in [0.5, 0.6) is 0 Å². The zero-order chi connectivity index (χ0) is 15.6. The molecule has 118 valence electrons. The highest BCUT2D eigenvalue weighted by Gasteiger charge is 2.44. The molecule has 0 aromatic carbocycles. The van der Waals surface area contributed by atoms with Crippen molar-refractivity contribution in [3.8, 4) is 0 Å². The summed E-state index contributed by atoms with van der Waals surface area (Å²) in [4.78, 5) is 38.7. The van der Waals surface area contributed by atoms with E-state index in [2.05, 4.69) is 5.32 Å². The Balaban J connectivity index is 2.01. The van der Waals surface area contributed by atoms with E-state index in [0.717, 1.165) is 12.8 Å². The maximum absolute atomic E-state index is 12.6. The fraction of sp³-hybridized carbons (Fsp3) is 0.786. The predicted molar refractivity (Wildman–Crippen MR) is 75.7 cm³/mol. The Hall–Kier alpha value is -1.79. The van der Waals surface area contributed by atoms with Gasteiger partial charge in [-0.05, 0) is 26.2 Å². The number of urea groups is 1. The number of carboxylic acid groups (broad SMARTS) is 1. The van der Waals surface area contributed by atoms with Crippen molar-refractivity contribution in [1.82, 2.24) is 15.1 Å². The Morgan fingerprint density at radius 2 is 2.05 bits per heavy atom. The topological polar surface area (TPSA) is 90.0 Å². The van der Waals surface area contributed by atoms with Gasteiger partial charge in [0.25, 0.3) is 0 Å². The number of aliphatic carboxylic acids is 1. The minimum atomic E-state index is -0.878. The first-order valence-electron chi connectivity index (χ1n) is 7.37. The number of carbonyl (C=O) groups excluding carboxylic acids is 2. The fourth-order valence-corrected chi connectivity index (χ4v) is 3.29. The summed E-state index contributed by atoms with van der Waals surface area (Å²) in [6, 6.07) is -0.353. The maximum Gasteiger partial charge on any atom is 0.320 e. The Morgan fingerprint density at radius 1 is 1.33 bits per heavy atom. The average molecular weight is 297 g/mol. The molecule has 0 bridgehead atoms. The van der Waals surface area contributed by atoms with Gasteiger partial charge in [0.2, 0.25) is 5.91 Å². The smallest absolute Gasteiger partial charge is 0.320 e. The number of nitrogens with zero attached hydrogens (tertiary/aromatic N) is 2. The van der Waals surface area contributed by atoms with Gasteiger partial charge in [0.1, 0.15) is 0 Å². The van der Waals surface area contributed by atoms with Crippen LogP contribution >= 0.6 is 0 Å². The van der Waals surface area contributed by atoms with Crippen molar-refractivity contribution in [2.75, 3.05) is 26.7 Å². The first-order valence-corrected chi connectivity index (χ1v) is 7.37. The molecule has 2 aliphatic rings. The van der Waals surface area contributed by atoms with Gasteiger partial charge in [-0.2, -0.15) is 0 Å². The van der Waals surface area contributed by atoms with Crippen molar-refractivity contribution in [2.45, 2.75) is 38.6 Å². The summed E-state index contributed by atoms with van der Waals surface area (Å²) >= 11 is 0. The summed E-state index contributed by atoms with van der Waals surface area (Å²) in [5.74, 6) is -0.933. The largest absolute Gasteiger partial charge is 0.481 e. The molecular formula is C14H23N3O4. The SMILES string of the molecule is CNC(=O)C1(C)CCN(C(=O)N2CCCC2CC(=O)O)C1. The fourth-order valence-electron chi connectivity index (χ4n) is 3.29. The van der Waals surface area contributed by atoms with Gasteiger partial charge in [-0.15, -0.1) is 0 Å². The lowest BCUT2D eigenvalue weighted by atomic mass is 9.89. The Bertz CT molecular complexity index is 454. The molecule has 2 saturated heterocycles. The van der Waals surface area contributed by atoms with Crippen LogP contribution in [0.1, 0.15) is 32.6 Å². The molecule has 2 unspecified atom stereocenters. The van der Waals surface area contributed by atoms with Crippen LogP contribution in [0.2, 0.25) is 0 Å². The normalized spacial score (nSPS) is 28.8. The second-order valence-electron chi connectivity index (χ2n) is 6.18. The van der Waals surface area contributed by atoms with Gasteiger partial charge in [-0.1, -0.05) is 0 Å². The lowest BCUT2D eigenvalue weighted by Crippen LogP contribution is -2.47. The summed E-state index contributed by atoms with van der Waals surface area (Å²) < 4.78 is 0. The lowest BCUT2D eigenvalue weighted by molar-refractivity contribution is -0.138. The number of hydrogen-bond donors (Lipinski definition) is 2. The van der Waals surface area contributed by atoms with Gasteiger partial charge in [-0.3, -0.25) is 9.59 Å². The number of nitrogens with one attached hydrogen (secondary N) is 1. The van der Waals surface area contributed by atoms with E-state index < -0.39 is 11.4 Å². The second-order valence-corrected chi connectivity index (χ2v) is 6.18. The highest BCUT2D eigenvalue weighted by atomic mass is 16.4. The molecule has 2 rings (SSSR count). The summed E-state index contributed by atoms with van der Waals surface area (Å²) in [6.45, 7) is 3.39. The zero-order valence-electron chi connectivity index (χ0n) is 12.6. The molecule has 21 heavy (non-hydrogen) atoms. The summed E-state index contributed by atoms with van der Waals surface area (Å²) in [7, 11) is 1.60. The monoisotopic (exact) mass is 297 g/mol. The number of amides is 3. The minimum absolute atomic E-state index is 0.00764. The van der Waals surface area contributed by atoms with Gasteiger partial charge >= 0.3 is 12.0 Å². The van der Waals surface area contributed by atoms with Gasteiger partial charge in [0.15, 0.2) is 0 Å². The quantitative estimate of drug-likeness (QED) is 0.794. The van der Waals surface area contributed by atoms with E-state index in [1.54, 1.807) is 16.8 Å². The van der Waals surface area contributed by atoms with E-state index >= 15 is 0 Å². The van der Waals surface area contributed by atoms with Crippen LogP contribution < -0.4 is 5.32 Å². The third-order valence-electron chi connectivity index (χ3n) is 4.55. The molecule has 0 saturated carbocycles. The van der Waals surface area contributed by atoms with E-state index in [-0.39, 0.29) is 24.4 Å². The van der Waals surface area contributed by atoms with Crippen molar-refractivity contribution >= 4 is 17.9 Å². The van der Waals surface area contributed by atoms with Gasteiger partial charge in [0, 0.05) is 32.7 Å². The number of carboxylic acids is 1. The lowest BCUT2D eigenvalue weighted by Gasteiger charge is -2.30. The molecule has 3 amide bonds. The van der Waals surface area contributed by atoms with E-state index in [4.69, 9.17) is 5.11 Å². The molecule has 2 atom stereocenters.